The first-order chi connectivity index (χ1) is 8.61. The predicted molar refractivity (Wildman–Crippen MR) is 65.6 cm³/mol. The minimum atomic E-state index is -0.818. The summed E-state index contributed by atoms with van der Waals surface area (Å²) in [7, 11) is 0. The number of aryl methyl sites for hydroxylation is 2. The molecular weight excluding hydrogens is 232 g/mol. The highest BCUT2D eigenvalue weighted by atomic mass is 16.5. The minimum absolute atomic E-state index is 0.178. The Morgan fingerprint density at radius 1 is 1.44 bits per heavy atom. The molecule has 18 heavy (non-hydrogen) atoms. The first-order valence-electron chi connectivity index (χ1n) is 5.77. The summed E-state index contributed by atoms with van der Waals surface area (Å²) < 4.78 is 5.01. The van der Waals surface area contributed by atoms with Gasteiger partial charge in [-0.1, -0.05) is 11.2 Å². The molecule has 0 fully saturated rings. The summed E-state index contributed by atoms with van der Waals surface area (Å²) in [5.74, 6) is 0.566. The van der Waals surface area contributed by atoms with Crippen molar-refractivity contribution in [2.75, 3.05) is 6.54 Å². The summed E-state index contributed by atoms with van der Waals surface area (Å²) in [5, 5.41) is 13.5. The van der Waals surface area contributed by atoms with Crippen LogP contribution in [0.4, 0.5) is 0 Å². The molecule has 0 aromatic carbocycles. The van der Waals surface area contributed by atoms with Crippen LogP contribution >= 0.6 is 0 Å². The molecule has 0 saturated carbocycles. The number of rotatable bonds is 4. The Morgan fingerprint density at radius 3 is 2.89 bits per heavy atom. The fraction of sp³-hybridized carbons (Fsp3) is 0.417. The van der Waals surface area contributed by atoms with Gasteiger partial charge in [0.25, 0.3) is 5.89 Å². The van der Waals surface area contributed by atoms with Gasteiger partial charge in [-0.15, -0.1) is 0 Å². The van der Waals surface area contributed by atoms with Crippen molar-refractivity contribution < 1.29 is 9.63 Å². The number of hydrogen-bond acceptors (Lipinski definition) is 6. The lowest BCUT2D eigenvalue weighted by atomic mass is 10.1. The van der Waals surface area contributed by atoms with E-state index in [1.54, 1.807) is 6.20 Å². The number of aliphatic hydroxyl groups excluding tert-OH is 1. The maximum absolute atomic E-state index is 9.70. The van der Waals surface area contributed by atoms with Crippen LogP contribution in [-0.4, -0.2) is 26.8 Å². The van der Waals surface area contributed by atoms with Crippen LogP contribution in [0.25, 0.3) is 11.5 Å². The maximum atomic E-state index is 9.70. The van der Waals surface area contributed by atoms with Crippen LogP contribution in [0.5, 0.6) is 0 Å². The van der Waals surface area contributed by atoms with Gasteiger partial charge in [0, 0.05) is 6.20 Å². The lowest BCUT2D eigenvalue weighted by Crippen LogP contribution is -2.06. The van der Waals surface area contributed by atoms with E-state index in [4.69, 9.17) is 10.3 Å². The topological polar surface area (TPSA) is 98.1 Å². The lowest BCUT2D eigenvalue weighted by Gasteiger charge is -2.02. The Bertz CT molecular complexity index is 539. The molecule has 0 saturated heterocycles. The third kappa shape index (κ3) is 2.55. The molecule has 6 nitrogen and oxygen atoms in total. The largest absolute Gasteiger partial charge is 0.383 e. The second kappa shape index (κ2) is 5.24. The summed E-state index contributed by atoms with van der Waals surface area (Å²) in [5.41, 5.74) is 8.07. The minimum Gasteiger partial charge on any atom is -0.383 e. The van der Waals surface area contributed by atoms with Crippen LogP contribution in [0.1, 0.15) is 29.5 Å². The molecule has 0 spiro atoms. The fourth-order valence-electron chi connectivity index (χ4n) is 1.70. The van der Waals surface area contributed by atoms with Crippen LogP contribution in [0.2, 0.25) is 0 Å². The second-order valence-corrected chi connectivity index (χ2v) is 4.23. The molecule has 0 aliphatic heterocycles. The maximum Gasteiger partial charge on any atom is 0.255 e. The fourth-order valence-corrected chi connectivity index (χ4v) is 1.70. The monoisotopic (exact) mass is 248 g/mol. The van der Waals surface area contributed by atoms with E-state index in [1.165, 1.54) is 0 Å². The highest BCUT2D eigenvalue weighted by Crippen LogP contribution is 2.21. The van der Waals surface area contributed by atoms with Gasteiger partial charge in [0.2, 0.25) is 5.82 Å². The first-order valence-corrected chi connectivity index (χ1v) is 5.77. The number of aromatic nitrogens is 3. The molecule has 0 amide bonds. The number of nitrogens with zero attached hydrogens (tertiary/aromatic N) is 3. The molecule has 2 heterocycles. The van der Waals surface area contributed by atoms with Gasteiger partial charge in [-0.25, -0.2) is 0 Å². The van der Waals surface area contributed by atoms with Gasteiger partial charge < -0.3 is 15.4 Å². The molecule has 1 atom stereocenters. The highest BCUT2D eigenvalue weighted by Gasteiger charge is 2.17. The summed E-state index contributed by atoms with van der Waals surface area (Å²) in [6.07, 6.45) is 1.32. The summed E-state index contributed by atoms with van der Waals surface area (Å²) >= 11 is 0. The first kappa shape index (κ1) is 12.7. The van der Waals surface area contributed by atoms with Gasteiger partial charge in [0.15, 0.2) is 0 Å². The highest BCUT2D eigenvalue weighted by molar-refractivity contribution is 5.54. The van der Waals surface area contributed by atoms with Crippen LogP contribution < -0.4 is 5.73 Å². The molecule has 96 valence electrons. The van der Waals surface area contributed by atoms with Crippen molar-refractivity contribution in [2.45, 2.75) is 26.4 Å². The Labute approximate surface area is 105 Å². The third-order valence-corrected chi connectivity index (χ3v) is 2.59. The quantitative estimate of drug-likeness (QED) is 0.841. The summed E-state index contributed by atoms with van der Waals surface area (Å²) in [4.78, 5) is 8.42. The molecule has 0 unspecified atom stereocenters. The smallest absolute Gasteiger partial charge is 0.255 e. The van der Waals surface area contributed by atoms with Crippen LogP contribution in [0.15, 0.2) is 16.8 Å². The van der Waals surface area contributed by atoms with Gasteiger partial charge in [-0.2, -0.15) is 4.98 Å². The molecule has 6 heteroatoms. The predicted octanol–water partition coefficient (Wildman–Crippen LogP) is 1.13. The molecule has 2 aromatic heterocycles. The Kier molecular flexibility index (Phi) is 3.69. The van der Waals surface area contributed by atoms with Crippen molar-refractivity contribution >= 4 is 0 Å². The SMILES string of the molecule is Cc1cnc(-c2noc([C@@H](O)CCN)n2)c(C)c1. The standard InChI is InChI=1S/C12H16N4O2/c1-7-5-8(2)10(14-6-7)11-15-12(18-16-11)9(17)3-4-13/h5-6,9,17H,3-4,13H2,1-2H3/t9-/m0/s1. The molecule has 3 N–H and O–H groups in total. The van der Waals surface area contributed by atoms with Gasteiger partial charge in [0.1, 0.15) is 11.8 Å². The Hall–Kier alpha value is -1.79. The molecule has 0 aliphatic rings. The molecule has 2 rings (SSSR count). The van der Waals surface area contributed by atoms with Crippen molar-refractivity contribution in [1.29, 1.82) is 0 Å². The average Bonchev–Trinajstić information content (AvgIpc) is 2.78. The van der Waals surface area contributed by atoms with Crippen LogP contribution in [0, 0.1) is 13.8 Å². The van der Waals surface area contributed by atoms with Gasteiger partial charge in [0.05, 0.1) is 0 Å². The average molecular weight is 248 g/mol. The van der Waals surface area contributed by atoms with Gasteiger partial charge in [-0.05, 0) is 37.9 Å². The van der Waals surface area contributed by atoms with E-state index in [-0.39, 0.29) is 5.89 Å². The zero-order valence-electron chi connectivity index (χ0n) is 10.4. The van der Waals surface area contributed by atoms with Crippen molar-refractivity contribution in [3.63, 3.8) is 0 Å². The van der Waals surface area contributed by atoms with Crippen molar-refractivity contribution in [3.05, 3.63) is 29.3 Å². The zero-order chi connectivity index (χ0) is 13.1. The Balaban J connectivity index is 2.29. The van der Waals surface area contributed by atoms with Crippen LogP contribution in [-0.2, 0) is 0 Å². The number of aliphatic hydroxyl groups is 1. The van der Waals surface area contributed by atoms with Gasteiger partial charge in [-0.3, -0.25) is 4.98 Å². The normalized spacial score (nSPS) is 12.7. The van der Waals surface area contributed by atoms with E-state index in [1.807, 2.05) is 19.9 Å². The van der Waals surface area contributed by atoms with Crippen molar-refractivity contribution in [1.82, 2.24) is 15.1 Å². The number of pyridine rings is 1. The molecule has 0 aliphatic carbocycles. The number of nitrogens with two attached hydrogens (primary N) is 1. The molecule has 0 bridgehead atoms. The van der Waals surface area contributed by atoms with E-state index in [9.17, 15) is 5.11 Å². The zero-order valence-corrected chi connectivity index (χ0v) is 10.4. The van der Waals surface area contributed by atoms with E-state index < -0.39 is 6.10 Å². The van der Waals surface area contributed by atoms with E-state index in [0.29, 0.717) is 24.5 Å². The van der Waals surface area contributed by atoms with E-state index in [0.717, 1.165) is 11.1 Å². The molecular formula is C12H16N4O2. The summed E-state index contributed by atoms with van der Waals surface area (Å²) in [6, 6.07) is 1.99. The van der Waals surface area contributed by atoms with Crippen molar-refractivity contribution in [3.8, 4) is 11.5 Å². The van der Waals surface area contributed by atoms with Gasteiger partial charge >= 0.3 is 0 Å². The molecule has 2 aromatic rings. The third-order valence-electron chi connectivity index (χ3n) is 2.59. The Morgan fingerprint density at radius 2 is 2.22 bits per heavy atom. The van der Waals surface area contributed by atoms with Crippen molar-refractivity contribution in [2.24, 2.45) is 5.73 Å². The lowest BCUT2D eigenvalue weighted by molar-refractivity contribution is 0.127. The summed E-state index contributed by atoms with van der Waals surface area (Å²) in [6.45, 7) is 4.26. The molecule has 0 radical (unpaired) electrons. The van der Waals surface area contributed by atoms with E-state index >= 15 is 0 Å². The second-order valence-electron chi connectivity index (χ2n) is 4.23. The number of hydrogen-bond donors (Lipinski definition) is 2. The van der Waals surface area contributed by atoms with E-state index in [2.05, 4.69) is 15.1 Å². The van der Waals surface area contributed by atoms with Crippen LogP contribution in [0.3, 0.4) is 0 Å².